The van der Waals surface area contributed by atoms with Crippen molar-refractivity contribution in [3.05, 3.63) is 35.9 Å². The van der Waals surface area contributed by atoms with Gasteiger partial charge in [-0.05, 0) is 56.9 Å². The lowest BCUT2D eigenvalue weighted by Crippen LogP contribution is -2.45. The average molecular weight is 332 g/mol. The van der Waals surface area contributed by atoms with Crippen LogP contribution in [0, 0.1) is 5.92 Å². The molecule has 0 aliphatic carbocycles. The number of benzene rings is 1. The Bertz CT molecular complexity index is 467. The molecule has 0 saturated carbocycles. The Labute approximate surface area is 147 Å². The molecule has 1 saturated heterocycles. The van der Waals surface area contributed by atoms with Crippen LogP contribution in [0.25, 0.3) is 0 Å². The maximum Gasteiger partial charge on any atom is 0.220 e. The van der Waals surface area contributed by atoms with Gasteiger partial charge in [0.1, 0.15) is 0 Å². The van der Waals surface area contributed by atoms with Gasteiger partial charge < -0.3 is 10.6 Å². The second-order valence-corrected chi connectivity index (χ2v) is 6.77. The monoisotopic (exact) mass is 331 g/mol. The molecule has 4 nitrogen and oxygen atoms in total. The van der Waals surface area contributed by atoms with Crippen LogP contribution in [0.3, 0.4) is 0 Å². The molecular weight excluding hydrogens is 298 g/mol. The van der Waals surface area contributed by atoms with Crippen LogP contribution in [0.4, 0.5) is 0 Å². The van der Waals surface area contributed by atoms with Crippen molar-refractivity contribution in [2.75, 3.05) is 32.7 Å². The summed E-state index contributed by atoms with van der Waals surface area (Å²) < 4.78 is 0. The highest BCUT2D eigenvalue weighted by atomic mass is 16.1. The second kappa shape index (κ2) is 10.5. The molecule has 1 aromatic rings. The molecule has 2 N–H and O–H groups in total. The molecule has 2 rings (SSSR count). The second-order valence-electron chi connectivity index (χ2n) is 6.77. The summed E-state index contributed by atoms with van der Waals surface area (Å²) in [7, 11) is 0. The van der Waals surface area contributed by atoms with E-state index in [9.17, 15) is 4.79 Å². The van der Waals surface area contributed by atoms with Crippen molar-refractivity contribution in [2.24, 2.45) is 5.92 Å². The van der Waals surface area contributed by atoms with Crippen molar-refractivity contribution >= 4 is 5.91 Å². The molecule has 24 heavy (non-hydrogen) atoms. The molecule has 2 unspecified atom stereocenters. The number of rotatable bonds is 10. The fourth-order valence-electron chi connectivity index (χ4n) is 3.57. The van der Waals surface area contributed by atoms with Crippen molar-refractivity contribution in [1.29, 1.82) is 0 Å². The van der Waals surface area contributed by atoms with E-state index in [-0.39, 0.29) is 5.91 Å². The summed E-state index contributed by atoms with van der Waals surface area (Å²) >= 11 is 0. The third kappa shape index (κ3) is 6.25. The number of hydrogen-bond acceptors (Lipinski definition) is 3. The van der Waals surface area contributed by atoms with Crippen LogP contribution in [-0.4, -0.2) is 49.6 Å². The lowest BCUT2D eigenvalue weighted by atomic mass is 10.0. The fourth-order valence-corrected chi connectivity index (χ4v) is 3.57. The first-order valence-corrected chi connectivity index (χ1v) is 9.48. The SMILES string of the molecule is CCN(CC)C(CNC(=O)CCC1CCNC1)Cc1ccccc1. The van der Waals surface area contributed by atoms with Gasteiger partial charge in [-0.2, -0.15) is 0 Å². The molecule has 0 spiro atoms. The molecule has 1 aliphatic rings. The highest BCUT2D eigenvalue weighted by molar-refractivity contribution is 5.75. The van der Waals surface area contributed by atoms with E-state index in [4.69, 9.17) is 0 Å². The molecule has 4 heteroatoms. The predicted molar refractivity (Wildman–Crippen MR) is 100 cm³/mol. The van der Waals surface area contributed by atoms with Gasteiger partial charge in [-0.3, -0.25) is 9.69 Å². The van der Waals surface area contributed by atoms with Gasteiger partial charge in [-0.25, -0.2) is 0 Å². The van der Waals surface area contributed by atoms with Crippen molar-refractivity contribution < 1.29 is 4.79 Å². The van der Waals surface area contributed by atoms with Crippen LogP contribution >= 0.6 is 0 Å². The van der Waals surface area contributed by atoms with E-state index in [0.717, 1.165) is 45.6 Å². The Kier molecular flexibility index (Phi) is 8.26. The molecule has 1 amide bonds. The third-order valence-electron chi connectivity index (χ3n) is 5.12. The van der Waals surface area contributed by atoms with Gasteiger partial charge in [0.15, 0.2) is 0 Å². The number of nitrogens with zero attached hydrogens (tertiary/aromatic N) is 1. The van der Waals surface area contributed by atoms with Crippen LogP contribution in [0.15, 0.2) is 30.3 Å². The molecule has 0 bridgehead atoms. The Morgan fingerprint density at radius 3 is 2.67 bits per heavy atom. The first-order chi connectivity index (χ1) is 11.7. The summed E-state index contributed by atoms with van der Waals surface area (Å²) in [5.74, 6) is 0.880. The fraction of sp³-hybridized carbons (Fsp3) is 0.650. The minimum atomic E-state index is 0.201. The topological polar surface area (TPSA) is 44.4 Å². The van der Waals surface area contributed by atoms with E-state index in [1.165, 1.54) is 12.0 Å². The molecule has 0 radical (unpaired) electrons. The molecule has 1 aromatic carbocycles. The van der Waals surface area contributed by atoms with E-state index in [1.54, 1.807) is 0 Å². The number of hydrogen-bond donors (Lipinski definition) is 2. The van der Waals surface area contributed by atoms with Crippen molar-refractivity contribution in [3.8, 4) is 0 Å². The molecule has 1 heterocycles. The summed E-state index contributed by atoms with van der Waals surface area (Å²) in [5, 5.41) is 6.54. The van der Waals surface area contributed by atoms with Gasteiger partial charge in [0.25, 0.3) is 0 Å². The zero-order valence-electron chi connectivity index (χ0n) is 15.3. The Balaban J connectivity index is 1.81. The summed E-state index contributed by atoms with van der Waals surface area (Å²) in [5.41, 5.74) is 1.33. The number of likely N-dealkylation sites (N-methyl/N-ethyl adjacent to an activating group) is 1. The van der Waals surface area contributed by atoms with E-state index >= 15 is 0 Å². The zero-order valence-corrected chi connectivity index (χ0v) is 15.3. The first-order valence-electron chi connectivity index (χ1n) is 9.48. The van der Waals surface area contributed by atoms with Crippen LogP contribution in [-0.2, 0) is 11.2 Å². The van der Waals surface area contributed by atoms with Gasteiger partial charge in [-0.1, -0.05) is 44.2 Å². The normalized spacial score (nSPS) is 18.7. The van der Waals surface area contributed by atoms with Gasteiger partial charge >= 0.3 is 0 Å². The van der Waals surface area contributed by atoms with Crippen LogP contribution in [0.2, 0.25) is 0 Å². The average Bonchev–Trinajstić information content (AvgIpc) is 3.13. The van der Waals surface area contributed by atoms with Crippen molar-refractivity contribution in [2.45, 2.75) is 45.6 Å². The maximum atomic E-state index is 12.2. The van der Waals surface area contributed by atoms with Gasteiger partial charge in [0.2, 0.25) is 5.91 Å². The van der Waals surface area contributed by atoms with E-state index in [0.29, 0.717) is 18.4 Å². The maximum absolute atomic E-state index is 12.2. The third-order valence-corrected chi connectivity index (χ3v) is 5.12. The smallest absolute Gasteiger partial charge is 0.220 e. The molecule has 1 aliphatic heterocycles. The Morgan fingerprint density at radius 2 is 2.04 bits per heavy atom. The standard InChI is InChI=1S/C20H33N3O/c1-3-23(4-2)19(14-17-8-6-5-7-9-17)16-22-20(24)11-10-18-12-13-21-15-18/h5-9,18-19,21H,3-4,10-16H2,1-2H3,(H,22,24). The quantitative estimate of drug-likeness (QED) is 0.692. The molecule has 1 fully saturated rings. The molecule has 134 valence electrons. The minimum absolute atomic E-state index is 0.201. The van der Waals surface area contributed by atoms with E-state index < -0.39 is 0 Å². The zero-order chi connectivity index (χ0) is 17.2. The number of nitrogens with one attached hydrogen (secondary N) is 2. The molecule has 2 atom stereocenters. The lowest BCUT2D eigenvalue weighted by Gasteiger charge is -2.30. The summed E-state index contributed by atoms with van der Waals surface area (Å²) in [6, 6.07) is 10.9. The van der Waals surface area contributed by atoms with Gasteiger partial charge in [-0.15, -0.1) is 0 Å². The van der Waals surface area contributed by atoms with Crippen molar-refractivity contribution in [1.82, 2.24) is 15.5 Å². The first kappa shape index (κ1) is 18.9. The molecular formula is C20H33N3O. The number of carbonyl (C=O) groups excluding carboxylic acids is 1. The minimum Gasteiger partial charge on any atom is -0.355 e. The van der Waals surface area contributed by atoms with Gasteiger partial charge in [0, 0.05) is 19.0 Å². The van der Waals surface area contributed by atoms with Gasteiger partial charge in [0.05, 0.1) is 0 Å². The number of amides is 1. The van der Waals surface area contributed by atoms with Crippen LogP contribution in [0.5, 0.6) is 0 Å². The van der Waals surface area contributed by atoms with Crippen molar-refractivity contribution in [3.63, 3.8) is 0 Å². The van der Waals surface area contributed by atoms with E-state index in [2.05, 4.69) is 59.7 Å². The highest BCUT2D eigenvalue weighted by Crippen LogP contribution is 2.14. The Hall–Kier alpha value is -1.39. The van der Waals surface area contributed by atoms with Crippen LogP contribution in [0.1, 0.15) is 38.7 Å². The summed E-state index contributed by atoms with van der Waals surface area (Å²) in [4.78, 5) is 14.6. The number of carbonyl (C=O) groups is 1. The highest BCUT2D eigenvalue weighted by Gasteiger charge is 2.19. The summed E-state index contributed by atoms with van der Waals surface area (Å²) in [6.07, 6.45) is 3.86. The van der Waals surface area contributed by atoms with E-state index in [1.807, 2.05) is 0 Å². The Morgan fingerprint density at radius 1 is 1.29 bits per heavy atom. The van der Waals surface area contributed by atoms with Crippen LogP contribution < -0.4 is 10.6 Å². The largest absolute Gasteiger partial charge is 0.355 e. The lowest BCUT2D eigenvalue weighted by molar-refractivity contribution is -0.121. The predicted octanol–water partition coefficient (Wildman–Crippen LogP) is 2.45. The molecule has 0 aromatic heterocycles. The summed E-state index contributed by atoms with van der Waals surface area (Å²) in [6.45, 7) is 9.32.